The Morgan fingerprint density at radius 3 is 2.41 bits per heavy atom. The summed E-state index contributed by atoms with van der Waals surface area (Å²) in [6, 6.07) is 19.5. The quantitative estimate of drug-likeness (QED) is 0.607. The highest BCUT2D eigenvalue weighted by atomic mass is 19.1. The van der Waals surface area contributed by atoms with E-state index < -0.39 is 0 Å². The van der Waals surface area contributed by atoms with Crippen LogP contribution in [0.2, 0.25) is 0 Å². The molecule has 0 saturated heterocycles. The standard InChI is InChI=1S/C24H22F2O/c1-15-21(13-17-7-3-5-9-23(17)25)19-8-4-2-6-16(19)12-22(15)20-11-10-18(27)14-24(20)26/h2-11,14-15,21-22,27H,12-13H2,1H3. The summed E-state index contributed by atoms with van der Waals surface area (Å²) in [7, 11) is 0. The van der Waals surface area contributed by atoms with Gasteiger partial charge in [-0.3, -0.25) is 0 Å². The molecule has 0 amide bonds. The number of hydrogen-bond acceptors (Lipinski definition) is 1. The number of hydrogen-bond donors (Lipinski definition) is 1. The third-order valence-electron chi connectivity index (χ3n) is 5.94. The Hall–Kier alpha value is -2.68. The molecule has 0 saturated carbocycles. The third kappa shape index (κ3) is 3.34. The molecule has 3 aromatic rings. The van der Waals surface area contributed by atoms with Crippen LogP contribution in [-0.2, 0) is 12.8 Å². The largest absolute Gasteiger partial charge is 0.508 e. The molecule has 1 nitrogen and oxygen atoms in total. The van der Waals surface area contributed by atoms with Gasteiger partial charge < -0.3 is 5.11 Å². The summed E-state index contributed by atoms with van der Waals surface area (Å²) in [4.78, 5) is 0. The Morgan fingerprint density at radius 2 is 1.63 bits per heavy atom. The van der Waals surface area contributed by atoms with Crippen LogP contribution in [0.1, 0.15) is 41.0 Å². The molecule has 0 aliphatic heterocycles. The van der Waals surface area contributed by atoms with Crippen LogP contribution < -0.4 is 0 Å². The first-order chi connectivity index (χ1) is 13.0. The van der Waals surface area contributed by atoms with Crippen molar-refractivity contribution in [3.05, 3.63) is 101 Å². The van der Waals surface area contributed by atoms with Crippen LogP contribution in [0.25, 0.3) is 0 Å². The highest BCUT2D eigenvalue weighted by molar-refractivity contribution is 5.40. The highest BCUT2D eigenvalue weighted by Gasteiger charge is 2.36. The number of halogens is 2. The minimum Gasteiger partial charge on any atom is -0.508 e. The van der Waals surface area contributed by atoms with Crippen molar-refractivity contribution in [3.63, 3.8) is 0 Å². The van der Waals surface area contributed by atoms with Gasteiger partial charge in [0.15, 0.2) is 0 Å². The van der Waals surface area contributed by atoms with Gasteiger partial charge >= 0.3 is 0 Å². The van der Waals surface area contributed by atoms with Gasteiger partial charge in [0.25, 0.3) is 0 Å². The van der Waals surface area contributed by atoms with E-state index in [-0.39, 0.29) is 35.1 Å². The van der Waals surface area contributed by atoms with Gasteiger partial charge in [-0.1, -0.05) is 55.5 Å². The van der Waals surface area contributed by atoms with Crippen LogP contribution >= 0.6 is 0 Å². The fourth-order valence-electron chi connectivity index (χ4n) is 4.47. The molecule has 27 heavy (non-hydrogen) atoms. The number of benzene rings is 3. The summed E-state index contributed by atoms with van der Waals surface area (Å²) >= 11 is 0. The predicted molar refractivity (Wildman–Crippen MR) is 103 cm³/mol. The molecule has 3 aromatic carbocycles. The van der Waals surface area contributed by atoms with Crippen LogP contribution in [0, 0.1) is 17.6 Å². The number of phenols is 1. The molecule has 3 heteroatoms. The lowest BCUT2D eigenvalue weighted by Crippen LogP contribution is -2.28. The van der Waals surface area contributed by atoms with Crippen molar-refractivity contribution in [2.45, 2.75) is 31.6 Å². The van der Waals surface area contributed by atoms with Crippen molar-refractivity contribution >= 4 is 0 Å². The third-order valence-corrected chi connectivity index (χ3v) is 5.94. The van der Waals surface area contributed by atoms with Crippen molar-refractivity contribution in [1.29, 1.82) is 0 Å². The molecule has 0 radical (unpaired) electrons. The summed E-state index contributed by atoms with van der Waals surface area (Å²) in [6.45, 7) is 2.12. The number of rotatable bonds is 3. The van der Waals surface area contributed by atoms with E-state index in [1.165, 1.54) is 29.3 Å². The van der Waals surface area contributed by atoms with Crippen molar-refractivity contribution in [3.8, 4) is 5.75 Å². The smallest absolute Gasteiger partial charge is 0.130 e. The molecule has 1 aliphatic carbocycles. The Labute approximate surface area is 158 Å². The van der Waals surface area contributed by atoms with Crippen molar-refractivity contribution < 1.29 is 13.9 Å². The van der Waals surface area contributed by atoms with E-state index >= 15 is 0 Å². The Balaban J connectivity index is 1.76. The maximum absolute atomic E-state index is 14.6. The van der Waals surface area contributed by atoms with E-state index in [0.29, 0.717) is 17.5 Å². The Morgan fingerprint density at radius 1 is 0.889 bits per heavy atom. The topological polar surface area (TPSA) is 20.2 Å². The Bertz CT molecular complexity index is 966. The average molecular weight is 364 g/mol. The fourth-order valence-corrected chi connectivity index (χ4v) is 4.47. The second kappa shape index (κ2) is 7.15. The summed E-state index contributed by atoms with van der Waals surface area (Å²) in [5.74, 6) is -0.417. The van der Waals surface area contributed by atoms with Crippen LogP contribution in [0.4, 0.5) is 8.78 Å². The maximum Gasteiger partial charge on any atom is 0.130 e. The number of aromatic hydroxyl groups is 1. The van der Waals surface area contributed by atoms with E-state index in [0.717, 1.165) is 6.42 Å². The summed E-state index contributed by atoms with van der Waals surface area (Å²) in [6.07, 6.45) is 1.33. The first-order valence-corrected chi connectivity index (χ1v) is 9.34. The molecule has 0 heterocycles. The molecule has 0 spiro atoms. The van der Waals surface area contributed by atoms with Crippen LogP contribution in [0.5, 0.6) is 5.75 Å². The lowest BCUT2D eigenvalue weighted by atomic mass is 9.66. The molecule has 3 atom stereocenters. The zero-order valence-electron chi connectivity index (χ0n) is 15.2. The molecule has 0 aromatic heterocycles. The number of phenolic OH excluding ortho intramolecular Hbond substituents is 1. The van der Waals surface area contributed by atoms with Gasteiger partial charge in [-0.05, 0) is 65.0 Å². The van der Waals surface area contributed by atoms with Gasteiger partial charge in [0.05, 0.1) is 0 Å². The first-order valence-electron chi connectivity index (χ1n) is 9.34. The molecular formula is C24H22F2O. The van der Waals surface area contributed by atoms with Gasteiger partial charge in [0.2, 0.25) is 0 Å². The van der Waals surface area contributed by atoms with E-state index in [4.69, 9.17) is 0 Å². The molecule has 0 fully saturated rings. The van der Waals surface area contributed by atoms with Crippen LogP contribution in [-0.4, -0.2) is 5.11 Å². The molecule has 138 valence electrons. The van der Waals surface area contributed by atoms with Gasteiger partial charge in [0, 0.05) is 6.07 Å². The van der Waals surface area contributed by atoms with E-state index in [2.05, 4.69) is 19.1 Å². The van der Waals surface area contributed by atoms with Gasteiger partial charge in [-0.25, -0.2) is 8.78 Å². The van der Waals surface area contributed by atoms with E-state index in [1.807, 2.05) is 24.3 Å². The SMILES string of the molecule is CC1C(c2ccc(O)cc2F)Cc2ccccc2C1Cc1ccccc1F. The zero-order valence-corrected chi connectivity index (χ0v) is 15.2. The number of fused-ring (bicyclic) bond motifs is 1. The molecule has 3 unspecified atom stereocenters. The minimum atomic E-state index is -0.379. The monoisotopic (exact) mass is 364 g/mol. The minimum absolute atomic E-state index is 0.0164. The predicted octanol–water partition coefficient (Wildman–Crippen LogP) is 5.97. The van der Waals surface area contributed by atoms with Crippen LogP contribution in [0.15, 0.2) is 66.7 Å². The van der Waals surface area contributed by atoms with Gasteiger partial charge in [-0.15, -0.1) is 0 Å². The van der Waals surface area contributed by atoms with Crippen LogP contribution in [0.3, 0.4) is 0 Å². The lowest BCUT2D eigenvalue weighted by molar-refractivity contribution is 0.338. The lowest BCUT2D eigenvalue weighted by Gasteiger charge is -2.38. The zero-order chi connectivity index (χ0) is 19.0. The van der Waals surface area contributed by atoms with Gasteiger partial charge in [0.1, 0.15) is 17.4 Å². The highest BCUT2D eigenvalue weighted by Crippen LogP contribution is 2.46. The molecule has 1 N–H and O–H groups in total. The van der Waals surface area contributed by atoms with Crippen molar-refractivity contribution in [2.75, 3.05) is 0 Å². The molecule has 4 rings (SSSR count). The first kappa shape index (κ1) is 17.7. The van der Waals surface area contributed by atoms with E-state index in [9.17, 15) is 13.9 Å². The second-order valence-electron chi connectivity index (χ2n) is 7.48. The second-order valence-corrected chi connectivity index (χ2v) is 7.48. The molecular weight excluding hydrogens is 342 g/mol. The average Bonchev–Trinajstić information content (AvgIpc) is 2.66. The fraction of sp³-hybridized carbons (Fsp3) is 0.250. The Kier molecular flexibility index (Phi) is 4.69. The maximum atomic E-state index is 14.6. The molecule has 0 bridgehead atoms. The normalized spacial score (nSPS) is 21.7. The summed E-state index contributed by atoms with van der Waals surface area (Å²) in [5.41, 5.74) is 3.72. The van der Waals surface area contributed by atoms with E-state index in [1.54, 1.807) is 12.1 Å². The van der Waals surface area contributed by atoms with Crippen molar-refractivity contribution in [1.82, 2.24) is 0 Å². The van der Waals surface area contributed by atoms with Crippen molar-refractivity contribution in [2.24, 2.45) is 5.92 Å². The summed E-state index contributed by atoms with van der Waals surface area (Å²) in [5, 5.41) is 9.56. The van der Waals surface area contributed by atoms with Gasteiger partial charge in [-0.2, -0.15) is 0 Å². The summed E-state index contributed by atoms with van der Waals surface area (Å²) < 4.78 is 28.9. The molecule has 1 aliphatic rings.